The number of aryl methyl sites for hydroxylation is 1. The lowest BCUT2D eigenvalue weighted by Gasteiger charge is -2.09. The summed E-state index contributed by atoms with van der Waals surface area (Å²) in [6.45, 7) is 2.28. The van der Waals surface area contributed by atoms with E-state index in [0.29, 0.717) is 6.54 Å². The Labute approximate surface area is 128 Å². The van der Waals surface area contributed by atoms with Crippen LogP contribution in [0.1, 0.15) is 21.6 Å². The molecule has 0 spiro atoms. The summed E-state index contributed by atoms with van der Waals surface area (Å²) < 4.78 is 0. The van der Waals surface area contributed by atoms with Crippen molar-refractivity contribution in [1.29, 1.82) is 0 Å². The second-order valence-electron chi connectivity index (χ2n) is 5.17. The number of phenolic OH excluding ortho intramolecular Hbond substituents is 1. The number of aromatic nitrogens is 1. The number of carbonyl (C=O) groups is 1. The number of rotatable bonds is 3. The molecule has 0 atom stereocenters. The molecule has 0 unspecified atom stereocenters. The summed E-state index contributed by atoms with van der Waals surface area (Å²) >= 11 is 0. The number of nitrogens with one attached hydrogen (secondary N) is 1. The zero-order valence-electron chi connectivity index (χ0n) is 12.2. The number of nitrogens with zero attached hydrogens (tertiary/aromatic N) is 1. The van der Waals surface area contributed by atoms with Crippen molar-refractivity contribution < 1.29 is 9.90 Å². The van der Waals surface area contributed by atoms with Gasteiger partial charge in [0.2, 0.25) is 0 Å². The van der Waals surface area contributed by atoms with Crippen LogP contribution in [-0.2, 0) is 6.54 Å². The highest BCUT2D eigenvalue weighted by molar-refractivity contribution is 6.01. The van der Waals surface area contributed by atoms with Gasteiger partial charge >= 0.3 is 0 Å². The van der Waals surface area contributed by atoms with Crippen LogP contribution >= 0.6 is 0 Å². The summed E-state index contributed by atoms with van der Waals surface area (Å²) in [5.41, 5.74) is 2.11. The zero-order valence-corrected chi connectivity index (χ0v) is 12.2. The van der Waals surface area contributed by atoms with Crippen molar-refractivity contribution in [3.63, 3.8) is 0 Å². The molecule has 3 rings (SSSR count). The standard InChI is InChI=1S/C18H16N2O2/c1-12-5-4-8-19-16(12)11-20-18(22)15-9-13-6-2-3-7-14(13)10-17(15)21/h2-10,21H,11H2,1H3,(H,20,22). The van der Waals surface area contributed by atoms with Gasteiger partial charge in [-0.05, 0) is 41.5 Å². The first-order valence-electron chi connectivity index (χ1n) is 7.05. The molecule has 4 nitrogen and oxygen atoms in total. The van der Waals surface area contributed by atoms with Gasteiger partial charge in [0, 0.05) is 6.20 Å². The van der Waals surface area contributed by atoms with Gasteiger partial charge in [-0.2, -0.15) is 0 Å². The number of benzene rings is 2. The third-order valence-corrected chi connectivity index (χ3v) is 3.64. The van der Waals surface area contributed by atoms with Crippen LogP contribution in [0.15, 0.2) is 54.7 Å². The maximum absolute atomic E-state index is 12.3. The van der Waals surface area contributed by atoms with Crippen molar-refractivity contribution >= 4 is 16.7 Å². The number of hydrogen-bond acceptors (Lipinski definition) is 3. The van der Waals surface area contributed by atoms with E-state index in [9.17, 15) is 9.90 Å². The third kappa shape index (κ3) is 2.76. The summed E-state index contributed by atoms with van der Waals surface area (Å²) in [6, 6.07) is 14.7. The van der Waals surface area contributed by atoms with E-state index in [4.69, 9.17) is 0 Å². The molecule has 2 aromatic carbocycles. The second kappa shape index (κ2) is 5.85. The van der Waals surface area contributed by atoms with Gasteiger partial charge in [0.15, 0.2) is 0 Å². The van der Waals surface area contributed by atoms with Crippen LogP contribution in [0.4, 0.5) is 0 Å². The topological polar surface area (TPSA) is 62.2 Å². The highest BCUT2D eigenvalue weighted by atomic mass is 16.3. The van der Waals surface area contributed by atoms with Crippen molar-refractivity contribution in [2.45, 2.75) is 13.5 Å². The molecule has 110 valence electrons. The lowest BCUT2D eigenvalue weighted by Crippen LogP contribution is -2.23. The highest BCUT2D eigenvalue weighted by Gasteiger charge is 2.12. The molecule has 1 aromatic heterocycles. The van der Waals surface area contributed by atoms with Gasteiger partial charge in [-0.25, -0.2) is 0 Å². The van der Waals surface area contributed by atoms with Crippen molar-refractivity contribution in [2.24, 2.45) is 0 Å². The molecule has 0 bridgehead atoms. The lowest BCUT2D eigenvalue weighted by molar-refractivity contribution is 0.0948. The Morgan fingerprint density at radius 3 is 2.59 bits per heavy atom. The summed E-state index contributed by atoms with van der Waals surface area (Å²) in [5, 5.41) is 14.7. The predicted molar refractivity (Wildman–Crippen MR) is 85.8 cm³/mol. The third-order valence-electron chi connectivity index (χ3n) is 3.64. The average Bonchev–Trinajstić information content (AvgIpc) is 2.53. The quantitative estimate of drug-likeness (QED) is 0.779. The largest absolute Gasteiger partial charge is 0.507 e. The Morgan fingerprint density at radius 2 is 1.86 bits per heavy atom. The Morgan fingerprint density at radius 1 is 1.14 bits per heavy atom. The van der Waals surface area contributed by atoms with Crippen LogP contribution in [0.25, 0.3) is 10.8 Å². The molecule has 4 heteroatoms. The molecule has 1 heterocycles. The number of fused-ring (bicyclic) bond motifs is 1. The number of aromatic hydroxyl groups is 1. The molecule has 0 radical (unpaired) electrons. The van der Waals surface area contributed by atoms with Gasteiger partial charge in [-0.1, -0.05) is 30.3 Å². The van der Waals surface area contributed by atoms with Gasteiger partial charge in [-0.3, -0.25) is 9.78 Å². The number of pyridine rings is 1. The Hall–Kier alpha value is -2.88. The van der Waals surface area contributed by atoms with Crippen molar-refractivity contribution in [3.05, 3.63) is 71.5 Å². The first kappa shape index (κ1) is 14.1. The van der Waals surface area contributed by atoms with E-state index in [2.05, 4.69) is 10.3 Å². The van der Waals surface area contributed by atoms with Crippen LogP contribution in [-0.4, -0.2) is 16.0 Å². The molecule has 1 amide bonds. The molecule has 0 aliphatic rings. The lowest BCUT2D eigenvalue weighted by atomic mass is 10.1. The van der Waals surface area contributed by atoms with E-state index in [-0.39, 0.29) is 17.2 Å². The maximum Gasteiger partial charge on any atom is 0.255 e. The number of amides is 1. The van der Waals surface area contributed by atoms with E-state index >= 15 is 0 Å². The van der Waals surface area contributed by atoms with Gasteiger partial charge < -0.3 is 10.4 Å². The minimum Gasteiger partial charge on any atom is -0.507 e. The first-order valence-corrected chi connectivity index (χ1v) is 7.05. The monoisotopic (exact) mass is 292 g/mol. The average molecular weight is 292 g/mol. The van der Waals surface area contributed by atoms with Gasteiger partial charge in [0.25, 0.3) is 5.91 Å². The van der Waals surface area contributed by atoms with E-state index in [1.54, 1.807) is 18.3 Å². The summed E-state index contributed by atoms with van der Waals surface area (Å²) in [4.78, 5) is 16.5. The molecule has 22 heavy (non-hydrogen) atoms. The molecule has 2 N–H and O–H groups in total. The predicted octanol–water partition coefficient (Wildman–Crippen LogP) is 3.18. The van der Waals surface area contributed by atoms with Crippen molar-refractivity contribution in [1.82, 2.24) is 10.3 Å². The van der Waals surface area contributed by atoms with E-state index in [0.717, 1.165) is 22.0 Å². The van der Waals surface area contributed by atoms with Gasteiger partial charge in [-0.15, -0.1) is 0 Å². The number of phenols is 1. The molecule has 3 aromatic rings. The fourth-order valence-electron chi connectivity index (χ4n) is 2.37. The van der Waals surface area contributed by atoms with Crippen LogP contribution in [0, 0.1) is 6.92 Å². The van der Waals surface area contributed by atoms with E-state index in [1.807, 2.05) is 43.3 Å². The van der Waals surface area contributed by atoms with Gasteiger partial charge in [0.05, 0.1) is 17.8 Å². The molecular weight excluding hydrogens is 276 g/mol. The fraction of sp³-hybridized carbons (Fsp3) is 0.111. The van der Waals surface area contributed by atoms with Crippen molar-refractivity contribution in [3.8, 4) is 5.75 Å². The Balaban J connectivity index is 1.83. The Bertz CT molecular complexity index is 843. The molecule has 0 saturated carbocycles. The minimum atomic E-state index is -0.312. The summed E-state index contributed by atoms with van der Waals surface area (Å²) in [7, 11) is 0. The number of carbonyl (C=O) groups excluding carboxylic acids is 1. The maximum atomic E-state index is 12.3. The van der Waals surface area contributed by atoms with E-state index < -0.39 is 0 Å². The second-order valence-corrected chi connectivity index (χ2v) is 5.17. The van der Waals surface area contributed by atoms with Crippen LogP contribution < -0.4 is 5.32 Å². The molecule has 0 saturated heterocycles. The van der Waals surface area contributed by atoms with Crippen LogP contribution in [0.5, 0.6) is 5.75 Å². The smallest absolute Gasteiger partial charge is 0.255 e. The number of hydrogen-bond donors (Lipinski definition) is 2. The summed E-state index contributed by atoms with van der Waals surface area (Å²) in [6.07, 6.45) is 1.70. The normalized spacial score (nSPS) is 10.6. The fourth-order valence-corrected chi connectivity index (χ4v) is 2.37. The summed E-state index contributed by atoms with van der Waals surface area (Å²) in [5.74, 6) is -0.331. The minimum absolute atomic E-state index is 0.0195. The molecular formula is C18H16N2O2. The Kier molecular flexibility index (Phi) is 3.74. The molecule has 0 aliphatic heterocycles. The SMILES string of the molecule is Cc1cccnc1CNC(=O)c1cc2ccccc2cc1O. The molecule has 0 fully saturated rings. The van der Waals surface area contributed by atoms with Crippen LogP contribution in [0.2, 0.25) is 0 Å². The van der Waals surface area contributed by atoms with E-state index in [1.165, 1.54) is 0 Å². The van der Waals surface area contributed by atoms with Crippen LogP contribution in [0.3, 0.4) is 0 Å². The zero-order chi connectivity index (χ0) is 15.5. The van der Waals surface area contributed by atoms with Crippen molar-refractivity contribution in [2.75, 3.05) is 0 Å². The highest BCUT2D eigenvalue weighted by Crippen LogP contribution is 2.24. The first-order chi connectivity index (χ1) is 10.6. The van der Waals surface area contributed by atoms with Gasteiger partial charge in [0.1, 0.15) is 5.75 Å². The molecule has 0 aliphatic carbocycles.